The Morgan fingerprint density at radius 1 is 1.56 bits per heavy atom. The fraction of sp³-hybridized carbons (Fsp3) is 0.385. The lowest BCUT2D eigenvalue weighted by Crippen LogP contribution is -2.17. The van der Waals surface area contributed by atoms with Crippen LogP contribution in [0.25, 0.3) is 0 Å². The molecule has 5 nitrogen and oxygen atoms in total. The molecular weight excluding hydrogens is 234 g/mol. The quantitative estimate of drug-likeness (QED) is 0.785. The summed E-state index contributed by atoms with van der Waals surface area (Å²) in [4.78, 5) is 22.0. The minimum Gasteiger partial charge on any atom is -0.497 e. The molecule has 1 aromatic rings. The molecule has 0 spiro atoms. The van der Waals surface area contributed by atoms with E-state index in [-0.39, 0.29) is 6.04 Å². The van der Waals surface area contributed by atoms with Gasteiger partial charge in [-0.15, -0.1) is 0 Å². The molecule has 1 fully saturated rings. The molecule has 1 aliphatic heterocycles. The van der Waals surface area contributed by atoms with Crippen molar-refractivity contribution in [1.29, 1.82) is 0 Å². The van der Waals surface area contributed by atoms with E-state index in [1.807, 2.05) is 6.07 Å². The first-order valence-electron chi connectivity index (χ1n) is 5.75. The van der Waals surface area contributed by atoms with Crippen molar-refractivity contribution in [3.63, 3.8) is 0 Å². The van der Waals surface area contributed by atoms with Crippen LogP contribution in [-0.4, -0.2) is 31.0 Å². The van der Waals surface area contributed by atoms with Crippen molar-refractivity contribution in [3.8, 4) is 5.75 Å². The van der Waals surface area contributed by atoms with Crippen molar-refractivity contribution in [2.45, 2.75) is 12.5 Å². The number of methoxy groups -OCH3 is 1. The topological polar surface area (TPSA) is 75.6 Å². The zero-order chi connectivity index (χ0) is 13.1. The fourth-order valence-electron chi connectivity index (χ4n) is 2.26. The summed E-state index contributed by atoms with van der Waals surface area (Å²) < 4.78 is 5.06. The van der Waals surface area contributed by atoms with Crippen LogP contribution in [0.3, 0.4) is 0 Å². The molecule has 0 amide bonds. The Labute approximate surface area is 105 Å². The van der Waals surface area contributed by atoms with Crippen molar-refractivity contribution in [2.75, 3.05) is 13.7 Å². The van der Waals surface area contributed by atoms with Crippen molar-refractivity contribution >= 4 is 12.3 Å². The Bertz CT molecular complexity index is 472. The minimum atomic E-state index is -0.800. The molecule has 2 rings (SSSR count). The Balaban J connectivity index is 2.24. The number of ether oxygens (including phenoxy) is 1. The predicted molar refractivity (Wildman–Crippen MR) is 64.9 cm³/mol. The first kappa shape index (κ1) is 12.6. The number of carboxylic acids is 1. The summed E-state index contributed by atoms with van der Waals surface area (Å²) in [5.41, 5.74) is 1.37. The van der Waals surface area contributed by atoms with E-state index in [0.717, 1.165) is 11.8 Å². The molecule has 5 heteroatoms. The van der Waals surface area contributed by atoms with Gasteiger partial charge in [-0.05, 0) is 24.1 Å². The van der Waals surface area contributed by atoms with E-state index in [2.05, 4.69) is 5.32 Å². The third-order valence-electron chi connectivity index (χ3n) is 3.28. The highest BCUT2D eigenvalue weighted by Crippen LogP contribution is 2.30. The summed E-state index contributed by atoms with van der Waals surface area (Å²) in [6.07, 6.45) is 1.27. The Morgan fingerprint density at radius 3 is 2.89 bits per heavy atom. The third-order valence-corrected chi connectivity index (χ3v) is 3.28. The molecule has 1 aromatic carbocycles. The molecule has 96 valence electrons. The second kappa shape index (κ2) is 5.18. The smallest absolute Gasteiger partial charge is 0.307 e. The molecule has 0 bridgehead atoms. The summed E-state index contributed by atoms with van der Waals surface area (Å²) >= 11 is 0. The van der Waals surface area contributed by atoms with Gasteiger partial charge in [-0.3, -0.25) is 9.59 Å². The maximum Gasteiger partial charge on any atom is 0.307 e. The minimum absolute atomic E-state index is 0.0859. The number of hydrogen-bond acceptors (Lipinski definition) is 4. The van der Waals surface area contributed by atoms with Gasteiger partial charge in [-0.1, -0.05) is 6.07 Å². The van der Waals surface area contributed by atoms with Crippen LogP contribution in [0.2, 0.25) is 0 Å². The molecule has 2 N–H and O–H groups in total. The standard InChI is InChI=1S/C13H15NO4/c1-18-10-2-3-11(9(4-10)7-15)12-5-8(6-14-12)13(16)17/h2-4,7-8,12,14H,5-6H2,1H3,(H,16,17). The number of carboxylic acid groups (broad SMARTS) is 1. The molecule has 0 aliphatic carbocycles. The summed E-state index contributed by atoms with van der Waals surface area (Å²) in [7, 11) is 1.54. The normalized spacial score (nSPS) is 22.7. The number of aliphatic carboxylic acids is 1. The highest BCUT2D eigenvalue weighted by molar-refractivity contribution is 5.79. The van der Waals surface area contributed by atoms with Crippen molar-refractivity contribution in [2.24, 2.45) is 5.92 Å². The van der Waals surface area contributed by atoms with E-state index in [1.54, 1.807) is 12.1 Å². The van der Waals surface area contributed by atoms with Crippen LogP contribution in [0, 0.1) is 5.92 Å². The average Bonchev–Trinajstić information content (AvgIpc) is 2.87. The van der Waals surface area contributed by atoms with Crippen molar-refractivity contribution < 1.29 is 19.4 Å². The zero-order valence-electron chi connectivity index (χ0n) is 10.1. The maximum atomic E-state index is 11.1. The molecule has 18 heavy (non-hydrogen) atoms. The first-order valence-corrected chi connectivity index (χ1v) is 5.75. The Kier molecular flexibility index (Phi) is 3.62. The SMILES string of the molecule is COc1ccc(C2CC(C(=O)O)CN2)c(C=O)c1. The van der Waals surface area contributed by atoms with Gasteiger partial charge in [0, 0.05) is 18.2 Å². The van der Waals surface area contributed by atoms with Crippen molar-refractivity contribution in [1.82, 2.24) is 5.32 Å². The van der Waals surface area contributed by atoms with Gasteiger partial charge in [0.1, 0.15) is 5.75 Å². The molecule has 1 aliphatic rings. The van der Waals surface area contributed by atoms with E-state index >= 15 is 0 Å². The molecule has 1 heterocycles. The summed E-state index contributed by atoms with van der Waals surface area (Å²) in [5.74, 6) is -0.573. The molecule has 2 unspecified atom stereocenters. The molecule has 0 radical (unpaired) electrons. The van der Waals surface area contributed by atoms with Gasteiger partial charge in [0.15, 0.2) is 6.29 Å². The second-order valence-corrected chi connectivity index (χ2v) is 4.34. The maximum absolute atomic E-state index is 11.1. The lowest BCUT2D eigenvalue weighted by molar-refractivity contribution is -0.141. The van der Waals surface area contributed by atoms with Crippen molar-refractivity contribution in [3.05, 3.63) is 29.3 Å². The van der Waals surface area contributed by atoms with Gasteiger partial charge in [0.05, 0.1) is 13.0 Å². The van der Waals surface area contributed by atoms with Gasteiger partial charge in [0.2, 0.25) is 0 Å². The average molecular weight is 249 g/mol. The third kappa shape index (κ3) is 2.36. The van der Waals surface area contributed by atoms with Gasteiger partial charge in [-0.2, -0.15) is 0 Å². The van der Waals surface area contributed by atoms with Gasteiger partial charge in [-0.25, -0.2) is 0 Å². The lowest BCUT2D eigenvalue weighted by atomic mass is 9.96. The number of rotatable bonds is 4. The van der Waals surface area contributed by atoms with Crippen LogP contribution >= 0.6 is 0 Å². The Morgan fingerprint density at radius 2 is 2.33 bits per heavy atom. The summed E-state index contributed by atoms with van der Waals surface area (Å²) in [6.45, 7) is 0.435. The lowest BCUT2D eigenvalue weighted by Gasteiger charge is -2.14. The van der Waals surface area contributed by atoms with Gasteiger partial charge < -0.3 is 15.2 Å². The highest BCUT2D eigenvalue weighted by Gasteiger charge is 2.31. The molecule has 0 aromatic heterocycles. The predicted octanol–water partition coefficient (Wildman–Crippen LogP) is 1.24. The molecule has 0 saturated carbocycles. The fourth-order valence-corrected chi connectivity index (χ4v) is 2.26. The van der Waals surface area contributed by atoms with Gasteiger partial charge in [0.25, 0.3) is 0 Å². The summed E-state index contributed by atoms with van der Waals surface area (Å²) in [5, 5.41) is 12.1. The van der Waals surface area contributed by atoms with Gasteiger partial charge >= 0.3 is 5.97 Å². The van der Waals surface area contributed by atoms with Crippen LogP contribution in [-0.2, 0) is 4.79 Å². The molecule has 1 saturated heterocycles. The first-order chi connectivity index (χ1) is 8.65. The number of carbonyl (C=O) groups is 2. The number of hydrogen-bond donors (Lipinski definition) is 2. The van der Waals surface area contributed by atoms with Crippen LogP contribution in [0.15, 0.2) is 18.2 Å². The second-order valence-electron chi connectivity index (χ2n) is 4.34. The van der Waals surface area contributed by atoms with Crippen LogP contribution in [0.1, 0.15) is 28.4 Å². The molecular formula is C13H15NO4. The highest BCUT2D eigenvalue weighted by atomic mass is 16.5. The Hall–Kier alpha value is -1.88. The number of aldehydes is 1. The summed E-state index contributed by atoms with van der Waals surface area (Å²) in [6, 6.07) is 5.16. The number of carbonyl (C=O) groups excluding carboxylic acids is 1. The van der Waals surface area contributed by atoms with E-state index in [1.165, 1.54) is 7.11 Å². The largest absolute Gasteiger partial charge is 0.497 e. The van der Waals surface area contributed by atoms with E-state index in [4.69, 9.17) is 9.84 Å². The molecule has 2 atom stereocenters. The van der Waals surface area contributed by atoms with Crippen LogP contribution < -0.4 is 10.1 Å². The van der Waals surface area contributed by atoms with E-state index in [0.29, 0.717) is 24.3 Å². The number of nitrogens with one attached hydrogen (secondary N) is 1. The zero-order valence-corrected chi connectivity index (χ0v) is 10.1. The number of benzene rings is 1. The van der Waals surface area contributed by atoms with Crippen LogP contribution in [0.4, 0.5) is 0 Å². The van der Waals surface area contributed by atoms with E-state index in [9.17, 15) is 9.59 Å². The van der Waals surface area contributed by atoms with E-state index < -0.39 is 11.9 Å². The monoisotopic (exact) mass is 249 g/mol. The van der Waals surface area contributed by atoms with Crippen LogP contribution in [0.5, 0.6) is 5.75 Å².